The van der Waals surface area contributed by atoms with Crippen molar-refractivity contribution in [1.82, 2.24) is 4.90 Å². The van der Waals surface area contributed by atoms with Gasteiger partial charge in [0.05, 0.1) is 18.3 Å². The molecule has 0 N–H and O–H groups in total. The smallest absolute Gasteiger partial charge is 0.192 e. The Hall–Kier alpha value is -1.81. The van der Waals surface area contributed by atoms with E-state index < -0.39 is 0 Å². The van der Waals surface area contributed by atoms with Gasteiger partial charge < -0.3 is 14.1 Å². The van der Waals surface area contributed by atoms with E-state index in [9.17, 15) is 4.79 Å². The maximum absolute atomic E-state index is 11.5. The van der Waals surface area contributed by atoms with Crippen molar-refractivity contribution in [3.63, 3.8) is 0 Å². The van der Waals surface area contributed by atoms with Crippen LogP contribution < -0.4 is 10.2 Å². The van der Waals surface area contributed by atoms with Crippen LogP contribution in [-0.2, 0) is 0 Å². The van der Waals surface area contributed by atoms with Crippen LogP contribution in [-0.4, -0.2) is 32.1 Å². The molecule has 0 aliphatic rings. The second-order valence-corrected chi connectivity index (χ2v) is 4.45. The van der Waals surface area contributed by atoms with Crippen LogP contribution in [0.2, 0.25) is 0 Å². The monoisotopic (exact) mass is 247 g/mol. The van der Waals surface area contributed by atoms with E-state index in [0.29, 0.717) is 17.6 Å². The number of fused-ring (bicyclic) bond motifs is 1. The molecule has 0 radical (unpaired) electrons. The lowest BCUT2D eigenvalue weighted by Gasteiger charge is -2.10. The zero-order chi connectivity index (χ0) is 13.0. The van der Waals surface area contributed by atoms with Gasteiger partial charge in [0.25, 0.3) is 0 Å². The van der Waals surface area contributed by atoms with Crippen LogP contribution in [0.1, 0.15) is 6.42 Å². The van der Waals surface area contributed by atoms with Crippen LogP contribution in [0.15, 0.2) is 39.7 Å². The second-order valence-electron chi connectivity index (χ2n) is 4.45. The van der Waals surface area contributed by atoms with Crippen molar-refractivity contribution in [2.75, 3.05) is 27.2 Å². The third-order valence-corrected chi connectivity index (χ3v) is 2.65. The summed E-state index contributed by atoms with van der Waals surface area (Å²) in [6.45, 7) is 1.64. The minimum atomic E-state index is -0.0320. The zero-order valence-electron chi connectivity index (χ0n) is 10.7. The Labute approximate surface area is 106 Å². The average Bonchev–Trinajstić information content (AvgIpc) is 2.35. The predicted molar refractivity (Wildman–Crippen MR) is 71.2 cm³/mol. The van der Waals surface area contributed by atoms with Crippen molar-refractivity contribution < 1.29 is 9.15 Å². The lowest BCUT2D eigenvalue weighted by Crippen LogP contribution is -2.15. The summed E-state index contributed by atoms with van der Waals surface area (Å²) in [4.78, 5) is 13.6. The quantitative estimate of drug-likeness (QED) is 0.759. The Kier molecular flexibility index (Phi) is 3.99. The number of hydrogen-bond acceptors (Lipinski definition) is 4. The molecule has 1 aromatic heterocycles. The molecule has 1 heterocycles. The highest BCUT2D eigenvalue weighted by Crippen LogP contribution is 2.18. The summed E-state index contributed by atoms with van der Waals surface area (Å²) < 4.78 is 10.9. The third-order valence-electron chi connectivity index (χ3n) is 2.65. The van der Waals surface area contributed by atoms with E-state index in [2.05, 4.69) is 4.90 Å². The van der Waals surface area contributed by atoms with Crippen molar-refractivity contribution in [3.05, 3.63) is 40.8 Å². The highest BCUT2D eigenvalue weighted by Gasteiger charge is 2.02. The lowest BCUT2D eigenvalue weighted by molar-refractivity contribution is 0.281. The number of nitrogens with zero attached hydrogens (tertiary/aromatic N) is 1. The highest BCUT2D eigenvalue weighted by atomic mass is 16.5. The van der Waals surface area contributed by atoms with E-state index in [4.69, 9.17) is 9.15 Å². The molecule has 4 heteroatoms. The van der Waals surface area contributed by atoms with Gasteiger partial charge in [0.2, 0.25) is 0 Å². The lowest BCUT2D eigenvalue weighted by atomic mass is 10.2. The first kappa shape index (κ1) is 12.6. The summed E-state index contributed by atoms with van der Waals surface area (Å²) in [7, 11) is 4.06. The highest BCUT2D eigenvalue weighted by molar-refractivity contribution is 5.77. The first-order valence-corrected chi connectivity index (χ1v) is 5.96. The molecule has 0 aliphatic heterocycles. The van der Waals surface area contributed by atoms with Gasteiger partial charge in [0, 0.05) is 18.7 Å². The van der Waals surface area contributed by atoms with E-state index in [1.807, 2.05) is 14.1 Å². The predicted octanol–water partition coefficient (Wildman–Crippen LogP) is 2.12. The second kappa shape index (κ2) is 5.69. The summed E-state index contributed by atoms with van der Waals surface area (Å²) in [6, 6.07) is 6.71. The van der Waals surface area contributed by atoms with Crippen LogP contribution in [0.5, 0.6) is 5.75 Å². The van der Waals surface area contributed by atoms with Gasteiger partial charge in [-0.05, 0) is 32.6 Å². The molecule has 96 valence electrons. The Bertz CT molecular complexity index is 575. The van der Waals surface area contributed by atoms with Crippen LogP contribution in [0.3, 0.4) is 0 Å². The van der Waals surface area contributed by atoms with Crippen molar-refractivity contribution in [2.45, 2.75) is 6.42 Å². The fraction of sp³-hybridized carbons (Fsp3) is 0.357. The number of ether oxygens (including phenoxy) is 1. The third kappa shape index (κ3) is 3.11. The molecule has 0 amide bonds. The van der Waals surface area contributed by atoms with E-state index in [1.165, 1.54) is 12.3 Å². The van der Waals surface area contributed by atoms with Crippen molar-refractivity contribution in [1.29, 1.82) is 0 Å². The molecule has 0 aliphatic carbocycles. The molecule has 0 atom stereocenters. The van der Waals surface area contributed by atoms with E-state index in [1.54, 1.807) is 18.2 Å². The molecule has 4 nitrogen and oxygen atoms in total. The van der Waals surface area contributed by atoms with Gasteiger partial charge in [-0.15, -0.1) is 0 Å². The first-order chi connectivity index (χ1) is 8.66. The number of benzene rings is 1. The molecular weight excluding hydrogens is 230 g/mol. The molecule has 1 aromatic carbocycles. The summed E-state index contributed by atoms with van der Waals surface area (Å²) >= 11 is 0. The van der Waals surface area contributed by atoms with Gasteiger partial charge in [-0.3, -0.25) is 4.79 Å². The fourth-order valence-electron chi connectivity index (χ4n) is 1.72. The van der Waals surface area contributed by atoms with E-state index >= 15 is 0 Å². The number of hydrogen-bond donors (Lipinski definition) is 0. The molecule has 18 heavy (non-hydrogen) atoms. The van der Waals surface area contributed by atoms with Gasteiger partial charge in [-0.2, -0.15) is 0 Å². The van der Waals surface area contributed by atoms with Gasteiger partial charge in [-0.25, -0.2) is 0 Å². The number of rotatable bonds is 5. The maximum Gasteiger partial charge on any atom is 0.192 e. The Morgan fingerprint density at radius 2 is 2.11 bits per heavy atom. The average molecular weight is 247 g/mol. The van der Waals surface area contributed by atoms with Crippen LogP contribution in [0, 0.1) is 0 Å². The molecule has 2 aromatic rings. The minimum Gasteiger partial charge on any atom is -0.493 e. The molecule has 0 saturated carbocycles. The molecule has 0 unspecified atom stereocenters. The van der Waals surface area contributed by atoms with Gasteiger partial charge in [0.15, 0.2) is 5.43 Å². The van der Waals surface area contributed by atoms with E-state index in [0.717, 1.165) is 18.7 Å². The fourth-order valence-corrected chi connectivity index (χ4v) is 1.72. The molecule has 0 spiro atoms. The normalized spacial score (nSPS) is 11.1. The summed E-state index contributed by atoms with van der Waals surface area (Å²) in [5.41, 5.74) is 0.531. The van der Waals surface area contributed by atoms with Crippen LogP contribution >= 0.6 is 0 Å². The molecule has 0 fully saturated rings. The van der Waals surface area contributed by atoms with Crippen molar-refractivity contribution in [3.8, 4) is 5.75 Å². The SMILES string of the molecule is CN(C)CCCOc1ccc2c(=O)ccoc2c1. The Morgan fingerprint density at radius 1 is 1.28 bits per heavy atom. The summed E-state index contributed by atoms with van der Waals surface area (Å²) in [5.74, 6) is 0.732. The summed E-state index contributed by atoms with van der Waals surface area (Å²) in [5, 5.41) is 0.582. The maximum atomic E-state index is 11.5. The van der Waals surface area contributed by atoms with Crippen LogP contribution in [0.4, 0.5) is 0 Å². The van der Waals surface area contributed by atoms with Gasteiger partial charge in [-0.1, -0.05) is 0 Å². The summed E-state index contributed by atoms with van der Waals surface area (Å²) in [6.07, 6.45) is 2.37. The Morgan fingerprint density at radius 3 is 2.89 bits per heavy atom. The molecular formula is C14H17NO3. The van der Waals surface area contributed by atoms with E-state index in [-0.39, 0.29) is 5.43 Å². The van der Waals surface area contributed by atoms with Crippen molar-refractivity contribution >= 4 is 11.0 Å². The Balaban J connectivity index is 2.04. The first-order valence-electron chi connectivity index (χ1n) is 5.96. The van der Waals surface area contributed by atoms with Crippen LogP contribution in [0.25, 0.3) is 11.0 Å². The molecule has 0 bridgehead atoms. The molecule has 2 rings (SSSR count). The van der Waals surface area contributed by atoms with Gasteiger partial charge in [0.1, 0.15) is 11.3 Å². The largest absolute Gasteiger partial charge is 0.493 e. The standard InChI is InChI=1S/C14H17NO3/c1-15(2)7-3-8-17-11-4-5-12-13(16)6-9-18-14(12)10-11/h4-6,9-10H,3,7-8H2,1-2H3. The van der Waals surface area contributed by atoms with Crippen molar-refractivity contribution in [2.24, 2.45) is 0 Å². The van der Waals surface area contributed by atoms with Gasteiger partial charge >= 0.3 is 0 Å². The topological polar surface area (TPSA) is 42.7 Å². The minimum absolute atomic E-state index is 0.0320. The zero-order valence-corrected chi connectivity index (χ0v) is 10.7. The molecule has 0 saturated heterocycles.